The summed E-state index contributed by atoms with van der Waals surface area (Å²) < 4.78 is 34.1. The predicted molar refractivity (Wildman–Crippen MR) is 165 cm³/mol. The summed E-state index contributed by atoms with van der Waals surface area (Å²) in [5, 5.41) is 3.30. The molecule has 40 heavy (non-hydrogen) atoms. The Labute approximate surface area is 247 Å². The highest BCUT2D eigenvalue weighted by molar-refractivity contribution is 4.59. The summed E-state index contributed by atoms with van der Waals surface area (Å²) in [6.45, 7) is 14.6. The topological polar surface area (TPSA) is 70.7 Å². The lowest BCUT2D eigenvalue weighted by molar-refractivity contribution is 0.000822. The number of hydrogen-bond acceptors (Lipinski definition) is 8. The molecular formula is C32H66N2O6. The van der Waals surface area contributed by atoms with Crippen LogP contribution in [0.1, 0.15) is 96.8 Å². The second kappa shape index (κ2) is 33.2. The highest BCUT2D eigenvalue weighted by Gasteiger charge is 2.06. The standard InChI is InChI=1S/C32H66N2O6/c1-2-3-4-5-6-7-8-9-10-11-12-13-14-15-18-34-19-23-37-27-31-39-29-25-35-21-16-33-17-22-36-26-30-40-32-28-38-24-20-34/h33H,2-32H2,1H3. The Balaban J connectivity index is 2.11. The molecule has 8 nitrogen and oxygen atoms in total. The fourth-order valence-electron chi connectivity index (χ4n) is 4.75. The number of nitrogens with one attached hydrogen (secondary N) is 1. The number of rotatable bonds is 15. The molecule has 0 amide bonds. The van der Waals surface area contributed by atoms with E-state index >= 15 is 0 Å². The molecule has 0 aromatic heterocycles. The summed E-state index contributed by atoms with van der Waals surface area (Å²) in [5.41, 5.74) is 0. The van der Waals surface area contributed by atoms with E-state index in [4.69, 9.17) is 28.4 Å². The third-order valence-electron chi connectivity index (χ3n) is 7.27. The average molecular weight is 575 g/mol. The van der Waals surface area contributed by atoms with Crippen molar-refractivity contribution in [1.29, 1.82) is 0 Å². The molecule has 1 N–H and O–H groups in total. The van der Waals surface area contributed by atoms with Crippen molar-refractivity contribution in [3.63, 3.8) is 0 Å². The van der Waals surface area contributed by atoms with Crippen molar-refractivity contribution < 1.29 is 28.4 Å². The van der Waals surface area contributed by atoms with Crippen LogP contribution < -0.4 is 5.32 Å². The van der Waals surface area contributed by atoms with E-state index < -0.39 is 0 Å². The van der Waals surface area contributed by atoms with Gasteiger partial charge in [0, 0.05) is 26.2 Å². The molecule has 0 aromatic rings. The summed E-state index contributed by atoms with van der Waals surface area (Å²) in [6, 6.07) is 0. The van der Waals surface area contributed by atoms with E-state index in [1.54, 1.807) is 0 Å². The zero-order valence-electron chi connectivity index (χ0n) is 26.3. The first-order valence-electron chi connectivity index (χ1n) is 16.8. The van der Waals surface area contributed by atoms with E-state index in [0.29, 0.717) is 66.1 Å². The molecule has 0 spiro atoms. The van der Waals surface area contributed by atoms with Crippen LogP contribution in [-0.2, 0) is 28.4 Å². The third kappa shape index (κ3) is 29.2. The fourth-order valence-corrected chi connectivity index (χ4v) is 4.75. The normalized spacial score (nSPS) is 19.7. The van der Waals surface area contributed by atoms with Crippen LogP contribution in [0.4, 0.5) is 0 Å². The molecule has 1 heterocycles. The van der Waals surface area contributed by atoms with Gasteiger partial charge in [0.05, 0.1) is 79.3 Å². The van der Waals surface area contributed by atoms with Gasteiger partial charge < -0.3 is 33.7 Å². The van der Waals surface area contributed by atoms with Crippen molar-refractivity contribution in [2.75, 3.05) is 112 Å². The molecule has 240 valence electrons. The van der Waals surface area contributed by atoms with Gasteiger partial charge in [-0.1, -0.05) is 90.4 Å². The minimum Gasteiger partial charge on any atom is -0.378 e. The van der Waals surface area contributed by atoms with E-state index in [-0.39, 0.29) is 0 Å². The van der Waals surface area contributed by atoms with E-state index in [1.807, 2.05) is 0 Å². The van der Waals surface area contributed by atoms with Gasteiger partial charge in [-0.15, -0.1) is 0 Å². The number of unbranched alkanes of at least 4 members (excludes halogenated alkanes) is 13. The Kier molecular flexibility index (Phi) is 31.3. The lowest BCUT2D eigenvalue weighted by Crippen LogP contribution is -2.32. The van der Waals surface area contributed by atoms with Crippen molar-refractivity contribution in [3.05, 3.63) is 0 Å². The Hall–Kier alpha value is -0.320. The van der Waals surface area contributed by atoms with Crippen LogP contribution in [-0.4, -0.2) is 117 Å². The second-order valence-electron chi connectivity index (χ2n) is 10.9. The van der Waals surface area contributed by atoms with Crippen molar-refractivity contribution in [1.82, 2.24) is 10.2 Å². The van der Waals surface area contributed by atoms with Crippen molar-refractivity contribution in [2.24, 2.45) is 0 Å². The average Bonchev–Trinajstić information content (AvgIpc) is 2.96. The molecule has 1 fully saturated rings. The molecule has 0 radical (unpaired) electrons. The van der Waals surface area contributed by atoms with Gasteiger partial charge in [0.1, 0.15) is 0 Å². The van der Waals surface area contributed by atoms with E-state index in [1.165, 1.54) is 89.9 Å². The maximum atomic E-state index is 5.84. The summed E-state index contributed by atoms with van der Waals surface area (Å²) in [6.07, 6.45) is 19.5. The van der Waals surface area contributed by atoms with Crippen molar-refractivity contribution in [3.8, 4) is 0 Å². The number of ether oxygens (including phenoxy) is 6. The number of nitrogens with zero attached hydrogens (tertiary/aromatic N) is 1. The highest BCUT2D eigenvalue weighted by atomic mass is 16.5. The molecule has 1 aliphatic heterocycles. The largest absolute Gasteiger partial charge is 0.378 e. The van der Waals surface area contributed by atoms with Crippen LogP contribution in [0, 0.1) is 0 Å². The maximum absolute atomic E-state index is 5.84. The minimum absolute atomic E-state index is 0.606. The van der Waals surface area contributed by atoms with Crippen LogP contribution in [0.5, 0.6) is 0 Å². The first-order valence-corrected chi connectivity index (χ1v) is 16.8. The Morgan fingerprint density at radius 1 is 0.400 bits per heavy atom. The van der Waals surface area contributed by atoms with Gasteiger partial charge in [-0.2, -0.15) is 0 Å². The molecule has 8 heteroatoms. The van der Waals surface area contributed by atoms with Crippen molar-refractivity contribution in [2.45, 2.75) is 96.8 Å². The molecule has 0 atom stereocenters. The minimum atomic E-state index is 0.606. The molecule has 0 aliphatic carbocycles. The molecule has 1 aliphatic rings. The quantitative estimate of drug-likeness (QED) is 0.258. The van der Waals surface area contributed by atoms with Crippen LogP contribution in [0.3, 0.4) is 0 Å². The highest BCUT2D eigenvalue weighted by Crippen LogP contribution is 2.13. The zero-order valence-corrected chi connectivity index (χ0v) is 26.3. The summed E-state index contributed by atoms with van der Waals surface area (Å²) in [5.74, 6) is 0. The van der Waals surface area contributed by atoms with Crippen LogP contribution >= 0.6 is 0 Å². The molecule has 0 saturated carbocycles. The number of hydrogen-bond donors (Lipinski definition) is 1. The monoisotopic (exact) mass is 574 g/mol. The van der Waals surface area contributed by atoms with Crippen LogP contribution in [0.15, 0.2) is 0 Å². The molecular weight excluding hydrogens is 508 g/mol. The molecule has 0 bridgehead atoms. The summed E-state index contributed by atoms with van der Waals surface area (Å²) in [7, 11) is 0. The van der Waals surface area contributed by atoms with Crippen molar-refractivity contribution >= 4 is 0 Å². The van der Waals surface area contributed by atoms with Gasteiger partial charge in [0.15, 0.2) is 0 Å². The smallest absolute Gasteiger partial charge is 0.0701 e. The molecule has 1 saturated heterocycles. The van der Waals surface area contributed by atoms with Gasteiger partial charge in [-0.05, 0) is 13.0 Å². The van der Waals surface area contributed by atoms with E-state index in [2.05, 4.69) is 17.1 Å². The summed E-state index contributed by atoms with van der Waals surface area (Å²) >= 11 is 0. The SMILES string of the molecule is CCCCCCCCCCCCCCCCN1CCOCCOCCOCCNCCOCCOCCOCC1. The van der Waals surface area contributed by atoms with Gasteiger partial charge in [-0.3, -0.25) is 4.90 Å². The third-order valence-corrected chi connectivity index (χ3v) is 7.27. The van der Waals surface area contributed by atoms with Crippen LogP contribution in [0.25, 0.3) is 0 Å². The predicted octanol–water partition coefficient (Wildman–Crippen LogP) is 5.47. The van der Waals surface area contributed by atoms with Gasteiger partial charge >= 0.3 is 0 Å². The molecule has 0 aromatic carbocycles. The lowest BCUT2D eigenvalue weighted by atomic mass is 10.0. The van der Waals surface area contributed by atoms with E-state index in [0.717, 1.165) is 45.9 Å². The maximum Gasteiger partial charge on any atom is 0.0701 e. The van der Waals surface area contributed by atoms with Gasteiger partial charge in [0.25, 0.3) is 0 Å². The molecule has 1 rings (SSSR count). The van der Waals surface area contributed by atoms with Crippen LogP contribution in [0.2, 0.25) is 0 Å². The zero-order chi connectivity index (χ0) is 28.4. The second-order valence-corrected chi connectivity index (χ2v) is 10.9. The lowest BCUT2D eigenvalue weighted by Gasteiger charge is -2.22. The van der Waals surface area contributed by atoms with E-state index in [9.17, 15) is 0 Å². The molecule has 0 unspecified atom stereocenters. The van der Waals surface area contributed by atoms with Gasteiger partial charge in [0.2, 0.25) is 0 Å². The summed E-state index contributed by atoms with van der Waals surface area (Å²) in [4.78, 5) is 2.48. The van der Waals surface area contributed by atoms with Gasteiger partial charge in [-0.25, -0.2) is 0 Å². The Morgan fingerprint density at radius 2 is 0.725 bits per heavy atom. The Bertz CT molecular complexity index is 451. The Morgan fingerprint density at radius 3 is 1.12 bits per heavy atom. The first-order chi connectivity index (χ1) is 19.9. The fraction of sp³-hybridized carbons (Fsp3) is 1.00. The first kappa shape index (κ1) is 37.7.